The molecule has 1 aliphatic rings. The van der Waals surface area contributed by atoms with E-state index in [1.807, 2.05) is 37.2 Å². The van der Waals surface area contributed by atoms with Gasteiger partial charge >= 0.3 is 0 Å². The average Bonchev–Trinajstić information content (AvgIpc) is 3.29. The number of hydrogen-bond acceptors (Lipinski definition) is 6. The number of H-pyrrole nitrogens is 1. The van der Waals surface area contributed by atoms with Gasteiger partial charge in [-0.2, -0.15) is 4.37 Å². The first-order valence-electron chi connectivity index (χ1n) is 9.36. The number of aromatic nitrogens is 4. The van der Waals surface area contributed by atoms with Gasteiger partial charge in [0.2, 0.25) is 5.91 Å². The molecule has 0 aliphatic carbocycles. The number of fused-ring (bicyclic) bond motifs is 1. The summed E-state index contributed by atoms with van der Waals surface area (Å²) in [6, 6.07) is 2.22. The van der Waals surface area contributed by atoms with Crippen molar-refractivity contribution in [3.8, 4) is 10.6 Å². The molecule has 142 valence electrons. The van der Waals surface area contributed by atoms with E-state index in [0.29, 0.717) is 12.3 Å². The van der Waals surface area contributed by atoms with E-state index in [4.69, 9.17) is 0 Å². The number of amides is 1. The number of carbonyl (C=O) groups is 1. The first-order chi connectivity index (χ1) is 13.0. The zero-order valence-electron chi connectivity index (χ0n) is 15.8. The molecule has 2 N–H and O–H groups in total. The molecule has 1 amide bonds. The molecule has 27 heavy (non-hydrogen) atoms. The Bertz CT molecular complexity index is 964. The van der Waals surface area contributed by atoms with Crippen molar-refractivity contribution in [2.24, 2.45) is 5.92 Å². The predicted octanol–water partition coefficient (Wildman–Crippen LogP) is 3.45. The molecule has 4 rings (SSSR count). The summed E-state index contributed by atoms with van der Waals surface area (Å²) in [5.74, 6) is 1.44. The van der Waals surface area contributed by atoms with Crippen LogP contribution < -0.4 is 5.32 Å². The molecule has 1 fully saturated rings. The van der Waals surface area contributed by atoms with Crippen molar-refractivity contribution < 1.29 is 4.79 Å². The maximum absolute atomic E-state index is 12.2. The maximum Gasteiger partial charge on any atom is 0.222 e. The Morgan fingerprint density at radius 1 is 1.44 bits per heavy atom. The molecule has 1 saturated heterocycles. The number of rotatable bonds is 4. The van der Waals surface area contributed by atoms with Crippen LogP contribution in [0.4, 0.5) is 5.69 Å². The molecule has 3 aromatic heterocycles. The van der Waals surface area contributed by atoms with E-state index in [9.17, 15) is 4.79 Å². The number of pyridine rings is 1. The summed E-state index contributed by atoms with van der Waals surface area (Å²) < 4.78 is 4.32. The highest BCUT2D eigenvalue weighted by molar-refractivity contribution is 7.09. The van der Waals surface area contributed by atoms with Gasteiger partial charge in [-0.05, 0) is 36.9 Å². The molecule has 2 atom stereocenters. The Morgan fingerprint density at radius 3 is 3.04 bits per heavy atom. The van der Waals surface area contributed by atoms with E-state index in [0.717, 1.165) is 52.6 Å². The first-order valence-corrected chi connectivity index (χ1v) is 10.1. The first kappa shape index (κ1) is 17.9. The van der Waals surface area contributed by atoms with Crippen molar-refractivity contribution >= 4 is 34.2 Å². The molecule has 0 radical (unpaired) electrons. The number of hydrogen-bond donors (Lipinski definition) is 2. The van der Waals surface area contributed by atoms with Crippen LogP contribution in [-0.4, -0.2) is 49.3 Å². The Balaban J connectivity index is 1.70. The topological polar surface area (TPSA) is 86.8 Å². The van der Waals surface area contributed by atoms with E-state index in [-0.39, 0.29) is 11.9 Å². The minimum Gasteiger partial charge on any atom is -0.379 e. The zero-order chi connectivity index (χ0) is 19.0. The summed E-state index contributed by atoms with van der Waals surface area (Å²) in [5, 5.41) is 5.60. The zero-order valence-corrected chi connectivity index (χ0v) is 16.6. The van der Waals surface area contributed by atoms with Gasteiger partial charge < -0.3 is 15.2 Å². The smallest absolute Gasteiger partial charge is 0.222 e. The fourth-order valence-corrected chi connectivity index (χ4v) is 4.50. The van der Waals surface area contributed by atoms with Gasteiger partial charge in [0.05, 0.1) is 11.3 Å². The molecule has 0 bridgehead atoms. The lowest BCUT2D eigenvalue weighted by molar-refractivity contribution is -0.132. The van der Waals surface area contributed by atoms with Crippen molar-refractivity contribution in [1.29, 1.82) is 0 Å². The van der Waals surface area contributed by atoms with Crippen molar-refractivity contribution in [2.75, 3.05) is 18.4 Å². The lowest BCUT2D eigenvalue weighted by atomic mass is 9.95. The van der Waals surface area contributed by atoms with E-state index >= 15 is 0 Å². The largest absolute Gasteiger partial charge is 0.379 e. The Hall–Kier alpha value is -2.48. The van der Waals surface area contributed by atoms with E-state index in [1.165, 1.54) is 11.5 Å². The van der Waals surface area contributed by atoms with Crippen molar-refractivity contribution in [2.45, 2.75) is 39.7 Å². The fourth-order valence-electron chi connectivity index (χ4n) is 3.82. The number of aryl methyl sites for hydroxylation is 1. The van der Waals surface area contributed by atoms with Gasteiger partial charge in [0, 0.05) is 43.3 Å². The van der Waals surface area contributed by atoms with Gasteiger partial charge in [0.1, 0.15) is 16.5 Å². The van der Waals surface area contributed by atoms with Gasteiger partial charge in [0.25, 0.3) is 0 Å². The minimum absolute atomic E-state index is 0.192. The second kappa shape index (κ2) is 7.26. The molecule has 1 aliphatic heterocycles. The SMILES string of the molecule is CCC(=O)N1C[C@@H](C)C[C@@H](Nc2c(-c3nc(C)ns3)cnc3[nH]ccc23)C1. The fraction of sp³-hybridized carbons (Fsp3) is 0.474. The van der Waals surface area contributed by atoms with Crippen LogP contribution in [0.15, 0.2) is 18.5 Å². The van der Waals surface area contributed by atoms with Gasteiger partial charge in [0.15, 0.2) is 0 Å². The normalized spacial score (nSPS) is 20.2. The number of piperidine rings is 1. The van der Waals surface area contributed by atoms with Gasteiger partial charge in [-0.25, -0.2) is 9.97 Å². The predicted molar refractivity (Wildman–Crippen MR) is 108 cm³/mol. The highest BCUT2D eigenvalue weighted by Crippen LogP contribution is 2.35. The van der Waals surface area contributed by atoms with Crippen LogP contribution in [0.2, 0.25) is 0 Å². The Morgan fingerprint density at radius 2 is 2.30 bits per heavy atom. The van der Waals surface area contributed by atoms with Gasteiger partial charge in [-0.1, -0.05) is 13.8 Å². The summed E-state index contributed by atoms with van der Waals surface area (Å²) in [7, 11) is 0. The van der Waals surface area contributed by atoms with Gasteiger partial charge in [-0.3, -0.25) is 4.79 Å². The van der Waals surface area contributed by atoms with Crippen LogP contribution in [0, 0.1) is 12.8 Å². The summed E-state index contributed by atoms with van der Waals surface area (Å²) in [6.07, 6.45) is 5.32. The standard InChI is InChI=1S/C19H24N6OS/c1-4-16(26)25-9-11(2)7-13(10-25)23-17-14-5-6-20-18(14)21-8-15(17)19-22-12(3)24-27-19/h5-6,8,11,13H,4,7,9-10H2,1-3H3,(H2,20,21,23)/t11-,13+/m0/s1. The molecule has 3 aromatic rings. The lowest BCUT2D eigenvalue weighted by Crippen LogP contribution is -2.48. The van der Waals surface area contributed by atoms with Crippen molar-refractivity contribution in [1.82, 2.24) is 24.2 Å². The van der Waals surface area contributed by atoms with Crippen LogP contribution in [0.25, 0.3) is 21.6 Å². The molecule has 0 unspecified atom stereocenters. The molecule has 0 aromatic carbocycles. The number of nitrogens with zero attached hydrogens (tertiary/aromatic N) is 4. The summed E-state index contributed by atoms with van der Waals surface area (Å²) in [6.45, 7) is 7.58. The lowest BCUT2D eigenvalue weighted by Gasteiger charge is -2.37. The third kappa shape index (κ3) is 3.53. The molecule has 0 saturated carbocycles. The van der Waals surface area contributed by atoms with E-state index in [2.05, 4.69) is 31.6 Å². The summed E-state index contributed by atoms with van der Waals surface area (Å²) >= 11 is 1.38. The van der Waals surface area contributed by atoms with E-state index < -0.39 is 0 Å². The average molecular weight is 385 g/mol. The Labute approximate surface area is 162 Å². The highest BCUT2D eigenvalue weighted by atomic mass is 32.1. The number of anilines is 1. The molecular formula is C19H24N6OS. The van der Waals surface area contributed by atoms with Crippen LogP contribution in [0.5, 0.6) is 0 Å². The number of nitrogens with one attached hydrogen (secondary N) is 2. The molecule has 7 nitrogen and oxygen atoms in total. The van der Waals surface area contributed by atoms with Crippen LogP contribution in [-0.2, 0) is 4.79 Å². The second-order valence-corrected chi connectivity index (χ2v) is 8.02. The third-order valence-electron chi connectivity index (χ3n) is 5.01. The van der Waals surface area contributed by atoms with E-state index in [1.54, 1.807) is 0 Å². The number of aromatic amines is 1. The third-order valence-corrected chi connectivity index (χ3v) is 5.85. The van der Waals surface area contributed by atoms with Crippen molar-refractivity contribution in [3.63, 3.8) is 0 Å². The maximum atomic E-state index is 12.2. The van der Waals surface area contributed by atoms with Gasteiger partial charge in [-0.15, -0.1) is 0 Å². The molecular weight excluding hydrogens is 360 g/mol. The minimum atomic E-state index is 0.192. The number of likely N-dealkylation sites (tertiary alicyclic amines) is 1. The number of carbonyl (C=O) groups excluding carboxylic acids is 1. The van der Waals surface area contributed by atoms with Crippen LogP contribution in [0.1, 0.15) is 32.5 Å². The Kier molecular flexibility index (Phi) is 4.82. The van der Waals surface area contributed by atoms with Crippen LogP contribution >= 0.6 is 11.5 Å². The molecule has 8 heteroatoms. The monoisotopic (exact) mass is 384 g/mol. The summed E-state index contributed by atoms with van der Waals surface area (Å²) in [5.41, 5.74) is 2.81. The molecule has 0 spiro atoms. The second-order valence-electron chi connectivity index (χ2n) is 7.27. The molecule has 4 heterocycles. The summed E-state index contributed by atoms with van der Waals surface area (Å²) in [4.78, 5) is 26.5. The van der Waals surface area contributed by atoms with Crippen LogP contribution in [0.3, 0.4) is 0 Å². The van der Waals surface area contributed by atoms with Crippen molar-refractivity contribution in [3.05, 3.63) is 24.3 Å². The quantitative estimate of drug-likeness (QED) is 0.719. The highest BCUT2D eigenvalue weighted by Gasteiger charge is 2.28.